The van der Waals surface area contributed by atoms with Crippen molar-refractivity contribution in [1.82, 2.24) is 20.8 Å². The molecule has 0 aliphatic rings. The Balaban J connectivity index is 1.26. The summed E-state index contributed by atoms with van der Waals surface area (Å²) < 4.78 is 0. The summed E-state index contributed by atoms with van der Waals surface area (Å²) in [6.45, 7) is 3.47. The summed E-state index contributed by atoms with van der Waals surface area (Å²) in [4.78, 5) is 31.1. The molecule has 4 rings (SSSR count). The zero-order valence-corrected chi connectivity index (χ0v) is 19.0. The van der Waals surface area contributed by atoms with Crippen molar-refractivity contribution in [3.05, 3.63) is 72.1 Å². The van der Waals surface area contributed by atoms with Gasteiger partial charge in [-0.25, -0.2) is 10.9 Å². The molecule has 9 heteroatoms. The Morgan fingerprint density at radius 3 is 1.67 bits per heavy atom. The Morgan fingerprint density at radius 2 is 1.21 bits per heavy atom. The molecule has 0 bridgehead atoms. The fraction of sp³-hybridized carbons (Fsp3) is 0.167. The van der Waals surface area contributed by atoms with Crippen LogP contribution in [0.5, 0.6) is 0 Å². The first-order valence-corrected chi connectivity index (χ1v) is 11.4. The summed E-state index contributed by atoms with van der Waals surface area (Å²) in [6, 6.07) is 15.7. The monoisotopic (exact) mass is 460 g/mol. The van der Waals surface area contributed by atoms with Crippen molar-refractivity contribution >= 4 is 57.8 Å². The van der Waals surface area contributed by atoms with Gasteiger partial charge in [0.05, 0.1) is 22.9 Å². The van der Waals surface area contributed by atoms with E-state index < -0.39 is 10.5 Å². The first kappa shape index (κ1) is 22.3. The lowest BCUT2D eigenvalue weighted by Gasteiger charge is -2.14. The smallest absolute Gasteiger partial charge is 0.252 e. The number of amides is 2. The molecule has 2 atom stereocenters. The molecule has 0 spiro atoms. The number of carbonyl (C=O) groups excluding carboxylic acids is 2. The fourth-order valence-corrected chi connectivity index (χ4v) is 4.31. The Bertz CT molecular complexity index is 1240. The van der Waals surface area contributed by atoms with Crippen LogP contribution in [0.4, 0.5) is 0 Å². The number of aromatic nitrogens is 2. The summed E-state index contributed by atoms with van der Waals surface area (Å²) in [6.07, 6.45) is 6.87. The Morgan fingerprint density at radius 1 is 0.788 bits per heavy atom. The molecule has 0 saturated carbocycles. The van der Waals surface area contributed by atoms with Gasteiger partial charge in [0.2, 0.25) is 0 Å². The molecule has 168 valence electrons. The number of H-pyrrole nitrogens is 2. The number of hydrazone groups is 2. The highest BCUT2D eigenvalue weighted by Crippen LogP contribution is 2.19. The van der Waals surface area contributed by atoms with E-state index in [4.69, 9.17) is 0 Å². The lowest BCUT2D eigenvalue weighted by molar-refractivity contribution is -0.120. The molecule has 8 nitrogen and oxygen atoms in total. The van der Waals surface area contributed by atoms with Gasteiger partial charge in [-0.05, 0) is 26.0 Å². The van der Waals surface area contributed by atoms with Gasteiger partial charge in [-0.1, -0.05) is 36.4 Å². The number of aromatic amines is 2. The van der Waals surface area contributed by atoms with E-state index in [2.05, 4.69) is 31.0 Å². The maximum absolute atomic E-state index is 12.4. The van der Waals surface area contributed by atoms with Crippen molar-refractivity contribution in [3.8, 4) is 0 Å². The maximum atomic E-state index is 12.4. The zero-order valence-electron chi connectivity index (χ0n) is 18.2. The molecule has 2 amide bonds. The third kappa shape index (κ3) is 5.32. The van der Waals surface area contributed by atoms with E-state index in [0.717, 1.165) is 32.9 Å². The standard InChI is InChI=1S/C24H24N6O2S/c1-15(23(31)29-27-13-17-11-25-21-9-5-3-7-19(17)21)33-16(2)24(32)30-28-14-18-12-26-22-10-6-4-8-20(18)22/h3-16,25-26H,1-2H3,(H,29,31)(H,30,32)/b27-13-,28-14-/t15-,16-/m0/s1. The summed E-state index contributed by atoms with van der Waals surface area (Å²) in [5.74, 6) is -0.559. The molecule has 2 heterocycles. The largest absolute Gasteiger partial charge is 0.361 e. The number of rotatable bonds is 8. The van der Waals surface area contributed by atoms with Gasteiger partial charge in [-0.3, -0.25) is 9.59 Å². The van der Waals surface area contributed by atoms with Gasteiger partial charge in [0.15, 0.2) is 0 Å². The SMILES string of the molecule is C[C@H](S[C@@H](C)C(=O)N/N=C\c1c[nH]c2ccccc12)C(=O)N/N=C\c1c[nH]c2ccccc12. The molecular weight excluding hydrogens is 436 g/mol. The van der Waals surface area contributed by atoms with E-state index in [9.17, 15) is 9.59 Å². The van der Waals surface area contributed by atoms with Gasteiger partial charge in [0.25, 0.3) is 11.8 Å². The summed E-state index contributed by atoms with van der Waals surface area (Å²) in [7, 11) is 0. The highest BCUT2D eigenvalue weighted by molar-refractivity contribution is 8.01. The minimum Gasteiger partial charge on any atom is -0.361 e. The third-order valence-electron chi connectivity index (χ3n) is 5.15. The number of nitrogens with one attached hydrogen (secondary N) is 4. The van der Waals surface area contributed by atoms with E-state index >= 15 is 0 Å². The fourth-order valence-electron chi connectivity index (χ4n) is 3.34. The number of hydrogen-bond donors (Lipinski definition) is 4. The Hall–Kier alpha value is -3.85. The first-order valence-electron chi connectivity index (χ1n) is 10.5. The van der Waals surface area contributed by atoms with Crippen LogP contribution < -0.4 is 10.9 Å². The number of para-hydroxylation sites is 2. The van der Waals surface area contributed by atoms with E-state index in [1.165, 1.54) is 11.8 Å². The number of benzene rings is 2. The van der Waals surface area contributed by atoms with Crippen molar-refractivity contribution in [3.63, 3.8) is 0 Å². The molecule has 0 radical (unpaired) electrons. The molecular formula is C24H24N6O2S. The quantitative estimate of drug-likeness (QED) is 0.237. The lowest BCUT2D eigenvalue weighted by Crippen LogP contribution is -2.33. The van der Waals surface area contributed by atoms with Crippen LogP contribution in [0.2, 0.25) is 0 Å². The topological polar surface area (TPSA) is 114 Å². The molecule has 0 unspecified atom stereocenters. The molecule has 2 aromatic heterocycles. The van der Waals surface area contributed by atoms with Crippen LogP contribution in [0.1, 0.15) is 25.0 Å². The molecule has 4 aromatic rings. The lowest BCUT2D eigenvalue weighted by atomic mass is 10.2. The second kappa shape index (κ2) is 10.2. The summed E-state index contributed by atoms with van der Waals surface area (Å²) in [5.41, 5.74) is 8.84. The van der Waals surface area contributed by atoms with Gasteiger partial charge in [0.1, 0.15) is 0 Å². The minimum atomic E-state index is -0.469. The highest BCUT2D eigenvalue weighted by atomic mass is 32.2. The van der Waals surface area contributed by atoms with Gasteiger partial charge in [-0.2, -0.15) is 10.2 Å². The Kier molecular flexibility index (Phi) is 6.89. The molecule has 0 fully saturated rings. The normalized spacial score (nSPS) is 13.6. The van der Waals surface area contributed by atoms with Crippen LogP contribution in [-0.4, -0.2) is 44.7 Å². The van der Waals surface area contributed by atoms with Crippen LogP contribution in [0, 0.1) is 0 Å². The van der Waals surface area contributed by atoms with Crippen LogP contribution in [-0.2, 0) is 9.59 Å². The van der Waals surface area contributed by atoms with Gasteiger partial charge in [-0.15, -0.1) is 11.8 Å². The van der Waals surface area contributed by atoms with E-state index in [-0.39, 0.29) is 11.8 Å². The van der Waals surface area contributed by atoms with Crippen molar-refractivity contribution in [2.45, 2.75) is 24.3 Å². The third-order valence-corrected chi connectivity index (χ3v) is 6.39. The molecule has 0 aliphatic carbocycles. The van der Waals surface area contributed by atoms with Gasteiger partial charge < -0.3 is 9.97 Å². The van der Waals surface area contributed by atoms with Crippen LogP contribution in [0.15, 0.2) is 71.1 Å². The van der Waals surface area contributed by atoms with E-state index in [1.807, 2.05) is 60.9 Å². The second-order valence-corrected chi connectivity index (χ2v) is 9.15. The van der Waals surface area contributed by atoms with Crippen LogP contribution in [0.3, 0.4) is 0 Å². The number of thioether (sulfide) groups is 1. The molecule has 0 saturated heterocycles. The van der Waals surface area contributed by atoms with Gasteiger partial charge >= 0.3 is 0 Å². The molecule has 2 aromatic carbocycles. The molecule has 33 heavy (non-hydrogen) atoms. The van der Waals surface area contributed by atoms with E-state index in [0.29, 0.717) is 0 Å². The molecule has 4 N–H and O–H groups in total. The van der Waals surface area contributed by atoms with Crippen molar-refractivity contribution in [2.75, 3.05) is 0 Å². The average Bonchev–Trinajstić information content (AvgIpc) is 3.43. The number of carbonyl (C=O) groups is 2. The van der Waals surface area contributed by atoms with E-state index in [1.54, 1.807) is 26.3 Å². The first-order chi connectivity index (χ1) is 16.0. The van der Waals surface area contributed by atoms with Crippen molar-refractivity contribution < 1.29 is 9.59 Å². The summed E-state index contributed by atoms with van der Waals surface area (Å²) in [5, 5.41) is 9.22. The predicted molar refractivity (Wildman–Crippen MR) is 135 cm³/mol. The number of hydrogen-bond acceptors (Lipinski definition) is 5. The van der Waals surface area contributed by atoms with Crippen molar-refractivity contribution in [1.29, 1.82) is 0 Å². The van der Waals surface area contributed by atoms with Crippen molar-refractivity contribution in [2.24, 2.45) is 10.2 Å². The number of nitrogens with zero attached hydrogens (tertiary/aromatic N) is 2. The number of fused-ring (bicyclic) bond motifs is 2. The van der Waals surface area contributed by atoms with Crippen LogP contribution in [0.25, 0.3) is 21.8 Å². The average molecular weight is 461 g/mol. The maximum Gasteiger partial charge on any atom is 0.252 e. The second-order valence-electron chi connectivity index (χ2n) is 7.47. The minimum absolute atomic E-state index is 0.280. The zero-order chi connectivity index (χ0) is 23.2. The summed E-state index contributed by atoms with van der Waals surface area (Å²) >= 11 is 1.23. The Labute approximate surface area is 194 Å². The molecule has 0 aliphatic heterocycles. The van der Waals surface area contributed by atoms with Gasteiger partial charge in [0, 0.05) is 45.3 Å². The predicted octanol–water partition coefficient (Wildman–Crippen LogP) is 3.76. The highest BCUT2D eigenvalue weighted by Gasteiger charge is 2.21. The van der Waals surface area contributed by atoms with Crippen LogP contribution >= 0.6 is 11.8 Å².